The van der Waals surface area contributed by atoms with E-state index in [9.17, 15) is 19.5 Å². The third-order valence-electron chi connectivity index (χ3n) is 7.41. The summed E-state index contributed by atoms with van der Waals surface area (Å²) in [7, 11) is 3.13. The van der Waals surface area contributed by atoms with Gasteiger partial charge in [-0.3, -0.25) is 4.79 Å². The van der Waals surface area contributed by atoms with Gasteiger partial charge in [-0.25, -0.2) is 9.59 Å². The molecule has 9 nitrogen and oxygen atoms in total. The van der Waals surface area contributed by atoms with Gasteiger partial charge >= 0.3 is 17.9 Å². The van der Waals surface area contributed by atoms with Gasteiger partial charge in [-0.1, -0.05) is 18.2 Å². The monoisotopic (exact) mass is 539 g/mol. The topological polar surface area (TPSA) is 112 Å². The van der Waals surface area contributed by atoms with Crippen LogP contribution in [0.15, 0.2) is 84.7 Å². The molecule has 9 heteroatoms. The van der Waals surface area contributed by atoms with Crippen LogP contribution < -0.4 is 9.64 Å². The molecule has 6 rings (SSSR count). The maximum atomic E-state index is 13.4. The van der Waals surface area contributed by atoms with Crippen LogP contribution in [0.3, 0.4) is 0 Å². The van der Waals surface area contributed by atoms with E-state index in [1.807, 2.05) is 30.1 Å². The van der Waals surface area contributed by atoms with Crippen LogP contribution in [0.25, 0.3) is 0 Å². The van der Waals surface area contributed by atoms with Crippen molar-refractivity contribution >= 4 is 29.3 Å². The summed E-state index contributed by atoms with van der Waals surface area (Å²) in [6, 6.07) is 17.3. The normalized spacial score (nSPS) is 21.8. The molecule has 2 aliphatic heterocycles. The number of hydrogen-bond acceptors (Lipinski definition) is 9. The smallest absolute Gasteiger partial charge is 0.340 e. The number of rotatable bonds is 4. The molecule has 0 aromatic heterocycles. The van der Waals surface area contributed by atoms with E-state index in [4.69, 9.17) is 18.9 Å². The number of fused-ring (bicyclic) bond motifs is 6. The first-order valence-electron chi connectivity index (χ1n) is 12.6. The second kappa shape index (κ2) is 9.30. The molecule has 0 bridgehead atoms. The van der Waals surface area contributed by atoms with Crippen LogP contribution in [0.5, 0.6) is 11.5 Å². The van der Waals surface area contributed by atoms with E-state index in [1.54, 1.807) is 54.6 Å². The number of hydrogen-bond donors (Lipinski definition) is 1. The molecule has 202 valence electrons. The molecule has 0 fully saturated rings. The maximum absolute atomic E-state index is 13.4. The van der Waals surface area contributed by atoms with E-state index in [1.165, 1.54) is 20.1 Å². The molecule has 3 aliphatic rings. The fourth-order valence-corrected chi connectivity index (χ4v) is 5.61. The lowest BCUT2D eigenvalue weighted by Crippen LogP contribution is -2.43. The Morgan fingerprint density at radius 3 is 2.48 bits per heavy atom. The summed E-state index contributed by atoms with van der Waals surface area (Å²) in [5.74, 6) is -1.30. The molecule has 40 heavy (non-hydrogen) atoms. The van der Waals surface area contributed by atoms with Crippen molar-refractivity contribution in [2.24, 2.45) is 5.92 Å². The number of carbonyl (C=O) groups is 3. The maximum Gasteiger partial charge on any atom is 0.340 e. The van der Waals surface area contributed by atoms with E-state index in [2.05, 4.69) is 0 Å². The predicted octanol–water partition coefficient (Wildman–Crippen LogP) is 4.75. The average molecular weight is 540 g/mol. The zero-order valence-corrected chi connectivity index (χ0v) is 21.9. The zero-order valence-electron chi connectivity index (χ0n) is 21.9. The molecule has 0 saturated carbocycles. The van der Waals surface area contributed by atoms with Crippen molar-refractivity contribution < 1.29 is 38.4 Å². The third-order valence-corrected chi connectivity index (χ3v) is 7.41. The first-order chi connectivity index (χ1) is 19.2. The second-order valence-corrected chi connectivity index (χ2v) is 9.71. The fourth-order valence-electron chi connectivity index (χ4n) is 5.61. The molecule has 3 aromatic rings. The van der Waals surface area contributed by atoms with Gasteiger partial charge in [0.15, 0.2) is 5.60 Å². The molecular formula is C31H25NO8. The van der Waals surface area contributed by atoms with Crippen molar-refractivity contribution in [1.29, 1.82) is 0 Å². The summed E-state index contributed by atoms with van der Waals surface area (Å²) in [5.41, 5.74) is 1.62. The van der Waals surface area contributed by atoms with E-state index < -0.39 is 35.5 Å². The van der Waals surface area contributed by atoms with E-state index >= 15 is 0 Å². The molecule has 1 spiro atoms. The van der Waals surface area contributed by atoms with E-state index in [0.717, 1.165) is 11.4 Å². The highest BCUT2D eigenvalue weighted by atomic mass is 16.6. The number of aromatic hydroxyl groups is 1. The van der Waals surface area contributed by atoms with Crippen molar-refractivity contribution in [1.82, 2.24) is 0 Å². The Kier molecular flexibility index (Phi) is 5.87. The minimum atomic E-state index is -1.34. The highest BCUT2D eigenvalue weighted by molar-refractivity contribution is 6.06. The summed E-state index contributed by atoms with van der Waals surface area (Å²) >= 11 is 0. The molecule has 3 atom stereocenters. The SMILES string of the molecule is COC(=O)c1cccc2c1C(=O)OC21c2ccc(N(C)c3ccc(O)cc3)cc2OC2=CC(OC(C)=O)C=CC21. The highest BCUT2D eigenvalue weighted by Crippen LogP contribution is 2.57. The number of methoxy groups -OCH3 is 1. The lowest BCUT2D eigenvalue weighted by atomic mass is 9.71. The first-order valence-corrected chi connectivity index (χ1v) is 12.6. The summed E-state index contributed by atoms with van der Waals surface area (Å²) in [6.07, 6.45) is 4.54. The summed E-state index contributed by atoms with van der Waals surface area (Å²) in [4.78, 5) is 39.6. The van der Waals surface area contributed by atoms with E-state index in [0.29, 0.717) is 22.6 Å². The lowest BCUT2D eigenvalue weighted by molar-refractivity contribution is -0.142. The fraction of sp³-hybridized carbons (Fsp3) is 0.194. The number of anilines is 2. The van der Waals surface area contributed by atoms with Crippen molar-refractivity contribution in [2.75, 3.05) is 19.1 Å². The number of ether oxygens (including phenoxy) is 4. The Morgan fingerprint density at radius 2 is 1.75 bits per heavy atom. The van der Waals surface area contributed by atoms with Crippen molar-refractivity contribution in [3.05, 3.63) is 107 Å². The van der Waals surface area contributed by atoms with Crippen molar-refractivity contribution in [2.45, 2.75) is 18.6 Å². The minimum Gasteiger partial charge on any atom is -0.508 e. The lowest BCUT2D eigenvalue weighted by Gasteiger charge is -2.43. The quantitative estimate of drug-likeness (QED) is 0.285. The molecule has 1 aliphatic carbocycles. The van der Waals surface area contributed by atoms with Gasteiger partial charge in [-0.05, 0) is 54.6 Å². The van der Waals surface area contributed by atoms with Crippen LogP contribution in [0.2, 0.25) is 0 Å². The molecule has 2 heterocycles. The molecule has 0 amide bonds. The number of nitrogens with zero attached hydrogens (tertiary/aromatic N) is 1. The van der Waals surface area contributed by atoms with Crippen LogP contribution in [0.4, 0.5) is 11.4 Å². The third kappa shape index (κ3) is 3.81. The second-order valence-electron chi connectivity index (χ2n) is 9.71. The number of carbonyl (C=O) groups excluding carboxylic acids is 3. The zero-order chi connectivity index (χ0) is 28.2. The molecule has 3 unspecified atom stereocenters. The van der Waals surface area contributed by atoms with E-state index in [-0.39, 0.29) is 16.9 Å². The van der Waals surface area contributed by atoms with Gasteiger partial charge in [0.1, 0.15) is 23.4 Å². The largest absolute Gasteiger partial charge is 0.508 e. The molecular weight excluding hydrogens is 514 g/mol. The first kappa shape index (κ1) is 25.2. The van der Waals surface area contributed by atoms with Gasteiger partial charge in [-0.2, -0.15) is 0 Å². The Hall–Kier alpha value is -5.05. The van der Waals surface area contributed by atoms with Gasteiger partial charge in [0, 0.05) is 42.5 Å². The Bertz CT molecular complexity index is 1620. The summed E-state index contributed by atoms with van der Waals surface area (Å²) in [6.45, 7) is 1.33. The van der Waals surface area contributed by atoms with Crippen LogP contribution in [-0.2, 0) is 24.6 Å². The predicted molar refractivity (Wildman–Crippen MR) is 143 cm³/mol. The number of phenolic OH excluding ortho intramolecular Hbond substituents is 1. The minimum absolute atomic E-state index is 0.113. The number of phenols is 1. The molecule has 0 saturated heterocycles. The van der Waals surface area contributed by atoms with Gasteiger partial charge in [0.2, 0.25) is 0 Å². The van der Waals surface area contributed by atoms with Crippen LogP contribution in [-0.4, -0.2) is 43.3 Å². The van der Waals surface area contributed by atoms with Crippen LogP contribution in [0, 0.1) is 5.92 Å². The Balaban J connectivity index is 1.54. The highest BCUT2D eigenvalue weighted by Gasteiger charge is 2.58. The van der Waals surface area contributed by atoms with Crippen LogP contribution in [0.1, 0.15) is 38.8 Å². The molecule has 1 N–H and O–H groups in total. The van der Waals surface area contributed by atoms with Crippen molar-refractivity contribution in [3.8, 4) is 11.5 Å². The number of esters is 3. The average Bonchev–Trinajstić information content (AvgIpc) is 3.24. The summed E-state index contributed by atoms with van der Waals surface area (Å²) in [5, 5.41) is 9.69. The van der Waals surface area contributed by atoms with Gasteiger partial charge in [0.05, 0.1) is 24.2 Å². The summed E-state index contributed by atoms with van der Waals surface area (Å²) < 4.78 is 23.0. The molecule has 3 aromatic carbocycles. The standard InChI is InChI=1S/C31H25NO8/c1-17(33)38-21-12-14-24-27(16-21)39-26-15-19(32(2)18-7-10-20(34)11-8-18)9-13-23(26)31(24)25-6-4-5-22(29(35)37-3)28(25)30(36)40-31/h4-16,21,24,34H,1-3H3. The van der Waals surface area contributed by atoms with Gasteiger partial charge in [-0.15, -0.1) is 0 Å². The van der Waals surface area contributed by atoms with Gasteiger partial charge in [0.25, 0.3) is 0 Å². The Labute approximate surface area is 229 Å². The van der Waals surface area contributed by atoms with Gasteiger partial charge < -0.3 is 29.0 Å². The molecule has 0 radical (unpaired) electrons. The van der Waals surface area contributed by atoms with Crippen molar-refractivity contribution in [3.63, 3.8) is 0 Å². The van der Waals surface area contributed by atoms with Crippen LogP contribution >= 0.6 is 0 Å². The Morgan fingerprint density at radius 1 is 1.00 bits per heavy atom. The number of benzene rings is 3.